The number of hydrogen-bond acceptors (Lipinski definition) is 2. The minimum Gasteiger partial charge on any atom is -0.326 e. The molecule has 0 aromatic heterocycles. The number of para-hydroxylation sites is 1. The lowest BCUT2D eigenvalue weighted by Crippen LogP contribution is -2.07. The molecule has 0 heterocycles. The van der Waals surface area contributed by atoms with Gasteiger partial charge < -0.3 is 5.32 Å². The summed E-state index contributed by atoms with van der Waals surface area (Å²) < 4.78 is 0. The standard InChI is InChI=1S/C21H18ClNOS/c1-14(24)23-20-9-5-3-7-17(20)19-13-15(22)11-12-16(19)18-8-4-6-10-21(18)25-2/h3-13H,1-2H3,(H,23,24). The first-order valence-electron chi connectivity index (χ1n) is 7.90. The molecule has 0 bridgehead atoms. The molecule has 0 aliphatic carbocycles. The average Bonchev–Trinajstić information content (AvgIpc) is 2.61. The van der Waals surface area contributed by atoms with Gasteiger partial charge in [-0.15, -0.1) is 11.8 Å². The van der Waals surface area contributed by atoms with E-state index in [-0.39, 0.29) is 5.91 Å². The third-order valence-electron chi connectivity index (χ3n) is 3.91. The molecule has 0 spiro atoms. The van der Waals surface area contributed by atoms with Crippen LogP contribution in [0.4, 0.5) is 5.69 Å². The normalized spacial score (nSPS) is 10.5. The van der Waals surface area contributed by atoms with E-state index >= 15 is 0 Å². The lowest BCUT2D eigenvalue weighted by molar-refractivity contribution is -0.114. The molecule has 0 saturated heterocycles. The van der Waals surface area contributed by atoms with Crippen LogP contribution < -0.4 is 5.32 Å². The molecular weight excluding hydrogens is 350 g/mol. The van der Waals surface area contributed by atoms with Crippen LogP contribution in [0.2, 0.25) is 5.02 Å². The highest BCUT2D eigenvalue weighted by atomic mass is 35.5. The van der Waals surface area contributed by atoms with Gasteiger partial charge in [0.15, 0.2) is 0 Å². The number of carbonyl (C=O) groups is 1. The third-order valence-corrected chi connectivity index (χ3v) is 4.94. The SMILES string of the molecule is CSc1ccccc1-c1ccc(Cl)cc1-c1ccccc1NC(C)=O. The fraction of sp³-hybridized carbons (Fsp3) is 0.0952. The van der Waals surface area contributed by atoms with Crippen LogP contribution in [0.1, 0.15) is 6.92 Å². The Bertz CT molecular complexity index is 923. The molecule has 4 heteroatoms. The maximum Gasteiger partial charge on any atom is 0.221 e. The Balaban J connectivity index is 2.25. The number of carbonyl (C=O) groups excluding carboxylic acids is 1. The van der Waals surface area contributed by atoms with Crippen molar-refractivity contribution in [2.75, 3.05) is 11.6 Å². The Morgan fingerprint density at radius 3 is 2.28 bits per heavy atom. The minimum absolute atomic E-state index is 0.0967. The minimum atomic E-state index is -0.0967. The van der Waals surface area contributed by atoms with Crippen LogP contribution in [0.15, 0.2) is 71.6 Å². The maximum absolute atomic E-state index is 11.6. The van der Waals surface area contributed by atoms with Crippen molar-refractivity contribution in [3.63, 3.8) is 0 Å². The highest BCUT2D eigenvalue weighted by Crippen LogP contribution is 2.40. The van der Waals surface area contributed by atoms with Gasteiger partial charge in [0.25, 0.3) is 0 Å². The first kappa shape index (κ1) is 17.6. The molecule has 0 aliphatic rings. The molecule has 0 saturated carbocycles. The second kappa shape index (κ2) is 7.77. The lowest BCUT2D eigenvalue weighted by Gasteiger charge is -2.16. The molecule has 3 aromatic carbocycles. The van der Waals surface area contributed by atoms with Crippen molar-refractivity contribution in [2.45, 2.75) is 11.8 Å². The third kappa shape index (κ3) is 3.89. The zero-order valence-corrected chi connectivity index (χ0v) is 15.6. The van der Waals surface area contributed by atoms with Gasteiger partial charge in [-0.2, -0.15) is 0 Å². The Kier molecular flexibility index (Phi) is 5.47. The van der Waals surface area contributed by atoms with Gasteiger partial charge in [-0.25, -0.2) is 0 Å². The van der Waals surface area contributed by atoms with Gasteiger partial charge in [-0.3, -0.25) is 4.79 Å². The molecule has 126 valence electrons. The summed E-state index contributed by atoms with van der Waals surface area (Å²) in [7, 11) is 0. The van der Waals surface area contributed by atoms with Gasteiger partial charge >= 0.3 is 0 Å². The molecule has 0 aliphatic heterocycles. The second-order valence-electron chi connectivity index (χ2n) is 5.62. The van der Waals surface area contributed by atoms with Crippen LogP contribution in [0.25, 0.3) is 22.3 Å². The van der Waals surface area contributed by atoms with E-state index in [1.807, 2.05) is 54.6 Å². The number of benzene rings is 3. The Hall–Kier alpha value is -2.23. The van der Waals surface area contributed by atoms with E-state index in [0.717, 1.165) is 27.9 Å². The lowest BCUT2D eigenvalue weighted by atomic mass is 9.93. The first-order valence-corrected chi connectivity index (χ1v) is 9.50. The summed E-state index contributed by atoms with van der Waals surface area (Å²) in [5, 5.41) is 3.58. The Morgan fingerprint density at radius 2 is 1.56 bits per heavy atom. The molecular formula is C21H18ClNOS. The number of rotatable bonds is 4. The topological polar surface area (TPSA) is 29.1 Å². The number of thioether (sulfide) groups is 1. The van der Waals surface area contributed by atoms with Crippen molar-refractivity contribution >= 4 is 35.0 Å². The first-order chi connectivity index (χ1) is 12.1. The molecule has 25 heavy (non-hydrogen) atoms. The fourth-order valence-corrected chi connectivity index (χ4v) is 3.64. The molecule has 1 amide bonds. The largest absolute Gasteiger partial charge is 0.326 e. The van der Waals surface area contributed by atoms with Crippen molar-refractivity contribution in [1.29, 1.82) is 0 Å². The highest BCUT2D eigenvalue weighted by molar-refractivity contribution is 7.98. The monoisotopic (exact) mass is 367 g/mol. The maximum atomic E-state index is 11.6. The van der Waals surface area contributed by atoms with Gasteiger partial charge in [0.1, 0.15) is 0 Å². The Morgan fingerprint density at radius 1 is 0.880 bits per heavy atom. The zero-order valence-electron chi connectivity index (χ0n) is 14.0. The van der Waals surface area contributed by atoms with Crippen molar-refractivity contribution in [1.82, 2.24) is 0 Å². The summed E-state index contributed by atoms with van der Waals surface area (Å²) in [5.41, 5.74) is 4.97. The summed E-state index contributed by atoms with van der Waals surface area (Å²) in [6.07, 6.45) is 2.07. The average molecular weight is 368 g/mol. The molecule has 3 aromatic rings. The van der Waals surface area contributed by atoms with E-state index < -0.39 is 0 Å². The van der Waals surface area contributed by atoms with Gasteiger partial charge in [-0.05, 0) is 47.2 Å². The van der Waals surface area contributed by atoms with E-state index in [1.165, 1.54) is 11.8 Å². The van der Waals surface area contributed by atoms with Crippen molar-refractivity contribution < 1.29 is 4.79 Å². The predicted octanol–water partition coefficient (Wildman–Crippen LogP) is 6.35. The molecule has 0 radical (unpaired) electrons. The summed E-state index contributed by atoms with van der Waals surface area (Å²) in [5.74, 6) is -0.0967. The van der Waals surface area contributed by atoms with Gasteiger partial charge in [0.05, 0.1) is 0 Å². The van der Waals surface area contributed by atoms with Gasteiger partial charge in [-0.1, -0.05) is 54.1 Å². The number of halogens is 1. The number of nitrogens with one attached hydrogen (secondary N) is 1. The number of amides is 1. The summed E-state index contributed by atoms with van der Waals surface area (Å²) >= 11 is 8.00. The second-order valence-corrected chi connectivity index (χ2v) is 6.90. The van der Waals surface area contributed by atoms with E-state index in [9.17, 15) is 4.79 Å². The molecule has 1 N–H and O–H groups in total. The highest BCUT2D eigenvalue weighted by Gasteiger charge is 2.14. The van der Waals surface area contributed by atoms with Crippen LogP contribution in [0, 0.1) is 0 Å². The summed E-state index contributed by atoms with van der Waals surface area (Å²) in [6, 6.07) is 22.0. The Labute approximate surface area is 157 Å². The van der Waals surface area contributed by atoms with E-state index in [4.69, 9.17) is 11.6 Å². The molecule has 0 unspecified atom stereocenters. The number of hydrogen-bond donors (Lipinski definition) is 1. The van der Waals surface area contributed by atoms with Crippen LogP contribution >= 0.6 is 23.4 Å². The fourth-order valence-electron chi connectivity index (χ4n) is 2.86. The van der Waals surface area contributed by atoms with E-state index in [0.29, 0.717) is 5.02 Å². The zero-order chi connectivity index (χ0) is 17.8. The van der Waals surface area contributed by atoms with Crippen LogP contribution in [0.3, 0.4) is 0 Å². The van der Waals surface area contributed by atoms with Crippen molar-refractivity contribution in [3.05, 3.63) is 71.8 Å². The van der Waals surface area contributed by atoms with Crippen LogP contribution in [0.5, 0.6) is 0 Å². The molecule has 2 nitrogen and oxygen atoms in total. The van der Waals surface area contributed by atoms with Gasteiger partial charge in [0.2, 0.25) is 5.91 Å². The van der Waals surface area contributed by atoms with Crippen molar-refractivity contribution in [3.8, 4) is 22.3 Å². The summed E-state index contributed by atoms with van der Waals surface area (Å²) in [4.78, 5) is 12.8. The molecule has 0 atom stereocenters. The number of anilines is 1. The smallest absolute Gasteiger partial charge is 0.221 e. The predicted molar refractivity (Wildman–Crippen MR) is 108 cm³/mol. The van der Waals surface area contributed by atoms with Crippen molar-refractivity contribution in [2.24, 2.45) is 0 Å². The van der Waals surface area contributed by atoms with Crippen LogP contribution in [-0.2, 0) is 4.79 Å². The van der Waals surface area contributed by atoms with E-state index in [2.05, 4.69) is 23.7 Å². The summed E-state index contributed by atoms with van der Waals surface area (Å²) in [6.45, 7) is 1.51. The van der Waals surface area contributed by atoms with Crippen LogP contribution in [-0.4, -0.2) is 12.2 Å². The molecule has 0 fully saturated rings. The van der Waals surface area contributed by atoms with E-state index in [1.54, 1.807) is 11.8 Å². The van der Waals surface area contributed by atoms with Gasteiger partial charge in [0, 0.05) is 28.1 Å². The molecule has 3 rings (SSSR count). The quantitative estimate of drug-likeness (QED) is 0.544.